The largest absolute Gasteiger partial charge is 0.444 e. The second kappa shape index (κ2) is 8.59. The lowest BCUT2D eigenvalue weighted by Crippen LogP contribution is -2.68. The van der Waals surface area contributed by atoms with Crippen molar-refractivity contribution in [3.63, 3.8) is 0 Å². The van der Waals surface area contributed by atoms with Crippen LogP contribution in [0.1, 0.15) is 61.3 Å². The molecule has 33 heavy (non-hydrogen) atoms. The van der Waals surface area contributed by atoms with Crippen molar-refractivity contribution in [1.82, 2.24) is 4.90 Å². The van der Waals surface area contributed by atoms with Crippen LogP contribution < -0.4 is 10.4 Å². The van der Waals surface area contributed by atoms with E-state index in [2.05, 4.69) is 88.4 Å². The summed E-state index contributed by atoms with van der Waals surface area (Å²) in [6.45, 7) is 14.9. The number of ether oxygens (including phenoxy) is 1. The summed E-state index contributed by atoms with van der Waals surface area (Å²) in [6.07, 6.45) is 1.81. The molecule has 1 saturated heterocycles. The average Bonchev–Trinajstić information content (AvgIpc) is 3.28. The van der Waals surface area contributed by atoms with Gasteiger partial charge in [0.1, 0.15) is 5.60 Å². The van der Waals surface area contributed by atoms with E-state index in [0.29, 0.717) is 5.92 Å². The van der Waals surface area contributed by atoms with Gasteiger partial charge in [0.05, 0.1) is 6.10 Å². The van der Waals surface area contributed by atoms with Crippen LogP contribution in [0.15, 0.2) is 60.7 Å². The van der Waals surface area contributed by atoms with E-state index in [1.165, 1.54) is 10.4 Å². The quantitative estimate of drug-likeness (QED) is 0.572. The number of likely N-dealkylation sites (tertiary alicyclic amines) is 1. The summed E-state index contributed by atoms with van der Waals surface area (Å²) in [4.78, 5) is 14.9. The Balaban J connectivity index is 1.68. The molecule has 2 fully saturated rings. The van der Waals surface area contributed by atoms with Gasteiger partial charge in [0.15, 0.2) is 0 Å². The molecule has 4 unspecified atom stereocenters. The summed E-state index contributed by atoms with van der Waals surface area (Å²) < 4.78 is 13.2. The van der Waals surface area contributed by atoms with Crippen molar-refractivity contribution in [2.75, 3.05) is 0 Å². The maximum atomic E-state index is 12.9. The van der Waals surface area contributed by atoms with Gasteiger partial charge in [0.2, 0.25) is 0 Å². The number of hydrogen-bond acceptors (Lipinski definition) is 3. The number of carbonyl (C=O) groups is 1. The first-order chi connectivity index (χ1) is 15.4. The zero-order chi connectivity index (χ0) is 24.0. The minimum Gasteiger partial charge on any atom is -0.444 e. The molecule has 4 nitrogen and oxygen atoms in total. The molecule has 1 aliphatic heterocycles. The van der Waals surface area contributed by atoms with E-state index >= 15 is 0 Å². The van der Waals surface area contributed by atoms with Crippen LogP contribution in [-0.2, 0) is 9.16 Å². The van der Waals surface area contributed by atoms with Gasteiger partial charge >= 0.3 is 6.09 Å². The highest BCUT2D eigenvalue weighted by atomic mass is 28.4. The summed E-state index contributed by atoms with van der Waals surface area (Å²) in [5.74, 6) is 0.323. The third-order valence-corrected chi connectivity index (χ3v) is 12.4. The standard InChI is InChI=1S/C28H39NO3Si/c1-20-24-18-21(29(20)26(30)31-27(2,3)4)19-25(24)32-33(28(5,6)7,22-14-10-8-11-15-22)23-16-12-9-13-17-23/h8-17,20-21,24-25H,18-19H2,1-7H3. The molecule has 5 heteroatoms. The molecular formula is C28H39NO3Si. The van der Waals surface area contributed by atoms with Gasteiger partial charge in [0.25, 0.3) is 8.32 Å². The van der Waals surface area contributed by atoms with Gasteiger partial charge in [0, 0.05) is 18.0 Å². The Morgan fingerprint density at radius 2 is 1.39 bits per heavy atom. The predicted molar refractivity (Wildman–Crippen MR) is 137 cm³/mol. The predicted octanol–water partition coefficient (Wildman–Crippen LogP) is 5.35. The van der Waals surface area contributed by atoms with Crippen molar-refractivity contribution in [2.24, 2.45) is 5.92 Å². The van der Waals surface area contributed by atoms with Gasteiger partial charge in [-0.2, -0.15) is 0 Å². The van der Waals surface area contributed by atoms with Crippen LogP contribution in [0.25, 0.3) is 0 Å². The number of benzene rings is 2. The van der Waals surface area contributed by atoms with E-state index in [-0.39, 0.29) is 29.3 Å². The second-order valence-electron chi connectivity index (χ2n) is 11.7. The van der Waals surface area contributed by atoms with Crippen molar-refractivity contribution >= 4 is 24.8 Å². The van der Waals surface area contributed by atoms with Gasteiger partial charge in [-0.15, -0.1) is 0 Å². The fourth-order valence-corrected chi connectivity index (χ4v) is 10.7. The Hall–Kier alpha value is -2.11. The SMILES string of the molecule is CC1C2CC(CC2O[Si](c2ccccc2)(c2ccccc2)C(C)(C)C)N1C(=O)OC(C)(C)C. The lowest BCUT2D eigenvalue weighted by Gasteiger charge is -2.47. The van der Waals surface area contributed by atoms with E-state index in [1.54, 1.807) is 0 Å². The third-order valence-electron chi connectivity index (χ3n) is 7.33. The summed E-state index contributed by atoms with van der Waals surface area (Å²) in [5.41, 5.74) is -0.483. The minimum absolute atomic E-state index is 0.0500. The van der Waals surface area contributed by atoms with Crippen LogP contribution in [-0.4, -0.2) is 43.1 Å². The topological polar surface area (TPSA) is 38.8 Å². The lowest BCUT2D eigenvalue weighted by atomic mass is 9.98. The van der Waals surface area contributed by atoms with Crippen LogP contribution >= 0.6 is 0 Å². The monoisotopic (exact) mass is 465 g/mol. The number of amides is 1. The first-order valence-electron chi connectivity index (χ1n) is 12.2. The van der Waals surface area contributed by atoms with Crippen LogP contribution in [0.4, 0.5) is 4.79 Å². The zero-order valence-electron chi connectivity index (χ0n) is 21.2. The molecule has 1 heterocycles. The maximum Gasteiger partial charge on any atom is 0.410 e. The molecule has 1 saturated carbocycles. The molecule has 1 amide bonds. The lowest BCUT2D eigenvalue weighted by molar-refractivity contribution is -0.00497. The Morgan fingerprint density at radius 1 is 0.879 bits per heavy atom. The molecule has 0 spiro atoms. The first-order valence-corrected chi connectivity index (χ1v) is 14.1. The molecule has 1 aliphatic carbocycles. The molecule has 2 aliphatic rings. The van der Waals surface area contributed by atoms with E-state index in [4.69, 9.17) is 9.16 Å². The van der Waals surface area contributed by atoms with Crippen molar-refractivity contribution in [1.29, 1.82) is 0 Å². The van der Waals surface area contributed by atoms with Gasteiger partial charge in [-0.05, 0) is 55.9 Å². The minimum atomic E-state index is -2.60. The highest BCUT2D eigenvalue weighted by Gasteiger charge is 2.58. The van der Waals surface area contributed by atoms with E-state index < -0.39 is 13.9 Å². The smallest absolute Gasteiger partial charge is 0.410 e. The Labute approximate surface area is 200 Å². The molecule has 2 bridgehead atoms. The fraction of sp³-hybridized carbons (Fsp3) is 0.536. The molecule has 178 valence electrons. The molecule has 2 aromatic rings. The van der Waals surface area contributed by atoms with Crippen molar-refractivity contribution in [2.45, 2.75) is 90.1 Å². The normalized spacial score (nSPS) is 25.4. The number of piperidine rings is 1. The van der Waals surface area contributed by atoms with Crippen LogP contribution in [0.3, 0.4) is 0 Å². The van der Waals surface area contributed by atoms with E-state index in [0.717, 1.165) is 12.8 Å². The van der Waals surface area contributed by atoms with Crippen molar-refractivity contribution in [3.8, 4) is 0 Å². The fourth-order valence-electron chi connectivity index (χ4n) is 5.96. The van der Waals surface area contributed by atoms with Gasteiger partial charge in [-0.3, -0.25) is 0 Å². The number of carbonyl (C=O) groups excluding carboxylic acids is 1. The van der Waals surface area contributed by atoms with Gasteiger partial charge in [-0.25, -0.2) is 4.79 Å². The highest BCUT2D eigenvalue weighted by molar-refractivity contribution is 6.99. The number of fused-ring (bicyclic) bond motifs is 2. The Kier molecular flexibility index (Phi) is 6.25. The number of rotatable bonds is 4. The third kappa shape index (κ3) is 4.38. The molecular weight excluding hydrogens is 426 g/mol. The van der Waals surface area contributed by atoms with Crippen molar-refractivity contribution in [3.05, 3.63) is 60.7 Å². The first kappa shape index (κ1) is 24.0. The molecule has 4 atom stereocenters. The molecule has 4 rings (SSSR count). The van der Waals surface area contributed by atoms with E-state index in [1.807, 2.05) is 25.7 Å². The summed E-state index contributed by atoms with van der Waals surface area (Å²) in [6, 6.07) is 21.9. The summed E-state index contributed by atoms with van der Waals surface area (Å²) >= 11 is 0. The molecule has 0 radical (unpaired) electrons. The molecule has 0 aromatic heterocycles. The summed E-state index contributed by atoms with van der Waals surface area (Å²) in [5, 5.41) is 2.57. The molecule has 2 aromatic carbocycles. The van der Waals surface area contributed by atoms with Crippen LogP contribution in [0.2, 0.25) is 5.04 Å². The molecule has 0 N–H and O–H groups in total. The van der Waals surface area contributed by atoms with Crippen LogP contribution in [0, 0.1) is 5.92 Å². The zero-order valence-corrected chi connectivity index (χ0v) is 22.2. The Morgan fingerprint density at radius 3 is 1.82 bits per heavy atom. The Bertz CT molecular complexity index is 923. The van der Waals surface area contributed by atoms with E-state index in [9.17, 15) is 4.79 Å². The number of nitrogens with zero attached hydrogens (tertiary/aromatic N) is 1. The highest BCUT2D eigenvalue weighted by Crippen LogP contribution is 2.47. The maximum absolute atomic E-state index is 12.9. The summed E-state index contributed by atoms with van der Waals surface area (Å²) in [7, 11) is -2.60. The van der Waals surface area contributed by atoms with Crippen LogP contribution in [0.5, 0.6) is 0 Å². The van der Waals surface area contributed by atoms with Gasteiger partial charge in [-0.1, -0.05) is 81.4 Å². The second-order valence-corrected chi connectivity index (χ2v) is 16.0. The average molecular weight is 466 g/mol. The van der Waals surface area contributed by atoms with Gasteiger partial charge < -0.3 is 14.1 Å². The number of hydrogen-bond donors (Lipinski definition) is 0. The van der Waals surface area contributed by atoms with Crippen molar-refractivity contribution < 1.29 is 14.0 Å².